The average molecular weight is 304 g/mol. The van der Waals surface area contributed by atoms with Crippen LogP contribution >= 0.6 is 0 Å². The van der Waals surface area contributed by atoms with Crippen LogP contribution in [-0.2, 0) is 11.3 Å². The van der Waals surface area contributed by atoms with E-state index >= 15 is 0 Å². The summed E-state index contributed by atoms with van der Waals surface area (Å²) in [5.74, 6) is 0.559. The molecule has 2 N–H and O–H groups in total. The predicted molar refractivity (Wildman–Crippen MR) is 89.6 cm³/mol. The van der Waals surface area contributed by atoms with E-state index in [4.69, 9.17) is 0 Å². The Morgan fingerprint density at radius 2 is 1.73 bits per heavy atom. The third kappa shape index (κ3) is 6.74. The normalized spacial score (nSPS) is 12.0. The molecule has 1 atom stereocenters. The third-order valence-electron chi connectivity index (χ3n) is 3.64. The van der Waals surface area contributed by atoms with Crippen LogP contribution < -0.4 is 10.6 Å². The number of nitrogens with one attached hydrogen (secondary N) is 2. The number of carbonyl (C=O) groups is 2. The molecule has 0 fully saturated rings. The molecule has 1 aromatic rings. The van der Waals surface area contributed by atoms with Crippen molar-refractivity contribution in [1.29, 1.82) is 0 Å². The van der Waals surface area contributed by atoms with Crippen LogP contribution in [0, 0.1) is 5.92 Å². The first-order valence-electron chi connectivity index (χ1n) is 8.08. The first-order chi connectivity index (χ1) is 10.4. The Hall–Kier alpha value is -1.84. The Kier molecular flexibility index (Phi) is 7.64. The van der Waals surface area contributed by atoms with Gasteiger partial charge in [0, 0.05) is 24.6 Å². The van der Waals surface area contributed by atoms with Crippen LogP contribution in [0.3, 0.4) is 0 Å². The largest absolute Gasteiger partial charge is 0.352 e. The molecule has 0 unspecified atom stereocenters. The van der Waals surface area contributed by atoms with Crippen molar-refractivity contribution in [3.8, 4) is 0 Å². The Labute approximate surface area is 133 Å². The maximum absolute atomic E-state index is 12.0. The smallest absolute Gasteiger partial charge is 0.251 e. The van der Waals surface area contributed by atoms with Crippen molar-refractivity contribution in [2.75, 3.05) is 0 Å². The van der Waals surface area contributed by atoms with Crippen LogP contribution in [-0.4, -0.2) is 17.9 Å². The van der Waals surface area contributed by atoms with E-state index in [1.165, 1.54) is 0 Å². The van der Waals surface area contributed by atoms with Crippen molar-refractivity contribution in [2.45, 2.75) is 59.5 Å². The minimum absolute atomic E-state index is 0.0538. The highest BCUT2D eigenvalue weighted by atomic mass is 16.2. The van der Waals surface area contributed by atoms with E-state index in [1.54, 1.807) is 12.1 Å². The number of benzene rings is 1. The average Bonchev–Trinajstić information content (AvgIpc) is 2.51. The molecule has 2 amide bonds. The highest BCUT2D eigenvalue weighted by molar-refractivity contribution is 5.94. The molecule has 0 aliphatic carbocycles. The molecule has 1 rings (SSSR count). The fourth-order valence-corrected chi connectivity index (χ4v) is 1.89. The monoisotopic (exact) mass is 304 g/mol. The minimum Gasteiger partial charge on any atom is -0.352 e. The summed E-state index contributed by atoms with van der Waals surface area (Å²) < 4.78 is 0. The minimum atomic E-state index is -0.0538. The van der Waals surface area contributed by atoms with Gasteiger partial charge < -0.3 is 10.6 Å². The van der Waals surface area contributed by atoms with Crippen molar-refractivity contribution in [3.63, 3.8) is 0 Å². The molecular weight excluding hydrogens is 276 g/mol. The molecule has 22 heavy (non-hydrogen) atoms. The molecule has 0 aliphatic rings. The standard InChI is InChI=1S/C18H28N2O2/c1-5-14(4)20-18(22)16-9-7-15(8-10-16)12-19-17(21)11-6-13(2)3/h7-10,13-14H,5-6,11-12H2,1-4H3,(H,19,21)(H,20,22)/t14-/m0/s1. The summed E-state index contributed by atoms with van der Waals surface area (Å²) in [6.07, 6.45) is 2.37. The van der Waals surface area contributed by atoms with Gasteiger partial charge in [-0.2, -0.15) is 0 Å². The van der Waals surface area contributed by atoms with E-state index in [9.17, 15) is 9.59 Å². The highest BCUT2D eigenvalue weighted by Gasteiger charge is 2.08. The SMILES string of the molecule is CC[C@H](C)NC(=O)c1ccc(CNC(=O)CCC(C)C)cc1. The first-order valence-corrected chi connectivity index (χ1v) is 8.08. The Balaban J connectivity index is 2.44. The molecule has 0 radical (unpaired) electrons. The van der Waals surface area contributed by atoms with Gasteiger partial charge >= 0.3 is 0 Å². The maximum atomic E-state index is 12.0. The van der Waals surface area contributed by atoms with Gasteiger partial charge in [0.25, 0.3) is 5.91 Å². The topological polar surface area (TPSA) is 58.2 Å². The van der Waals surface area contributed by atoms with Gasteiger partial charge in [0.1, 0.15) is 0 Å². The van der Waals surface area contributed by atoms with E-state index in [-0.39, 0.29) is 17.9 Å². The second-order valence-electron chi connectivity index (χ2n) is 6.19. The third-order valence-corrected chi connectivity index (χ3v) is 3.64. The summed E-state index contributed by atoms with van der Waals surface area (Å²) in [6, 6.07) is 7.54. The number of amides is 2. The summed E-state index contributed by atoms with van der Waals surface area (Å²) in [5, 5.41) is 5.84. The second kappa shape index (κ2) is 9.23. The zero-order valence-corrected chi connectivity index (χ0v) is 14.1. The van der Waals surface area contributed by atoms with E-state index in [0.717, 1.165) is 18.4 Å². The van der Waals surface area contributed by atoms with Gasteiger partial charge in [-0.25, -0.2) is 0 Å². The van der Waals surface area contributed by atoms with Gasteiger partial charge in [-0.1, -0.05) is 32.9 Å². The van der Waals surface area contributed by atoms with Gasteiger partial charge in [0.05, 0.1) is 0 Å². The molecule has 122 valence electrons. The maximum Gasteiger partial charge on any atom is 0.251 e. The van der Waals surface area contributed by atoms with Crippen molar-refractivity contribution in [1.82, 2.24) is 10.6 Å². The molecule has 0 spiro atoms. The van der Waals surface area contributed by atoms with Crippen LogP contribution in [0.1, 0.15) is 62.9 Å². The summed E-state index contributed by atoms with van der Waals surface area (Å²) in [4.78, 5) is 23.6. The molecule has 0 saturated heterocycles. The van der Waals surface area contributed by atoms with Crippen molar-refractivity contribution < 1.29 is 9.59 Å². The molecular formula is C18H28N2O2. The van der Waals surface area contributed by atoms with Crippen LogP contribution in [0.5, 0.6) is 0 Å². The van der Waals surface area contributed by atoms with Crippen LogP contribution in [0.2, 0.25) is 0 Å². The lowest BCUT2D eigenvalue weighted by atomic mass is 10.1. The summed E-state index contributed by atoms with van der Waals surface area (Å²) >= 11 is 0. The zero-order chi connectivity index (χ0) is 16.5. The van der Waals surface area contributed by atoms with E-state index in [1.807, 2.05) is 26.0 Å². The lowest BCUT2D eigenvalue weighted by molar-refractivity contribution is -0.121. The molecule has 0 saturated carbocycles. The number of hydrogen-bond acceptors (Lipinski definition) is 2. The molecule has 0 aliphatic heterocycles. The fraction of sp³-hybridized carbons (Fsp3) is 0.556. The summed E-state index contributed by atoms with van der Waals surface area (Å²) in [7, 11) is 0. The van der Waals surface area contributed by atoms with Gasteiger partial charge in [0.2, 0.25) is 5.91 Å². The first kappa shape index (κ1) is 18.2. The van der Waals surface area contributed by atoms with Gasteiger partial charge in [0.15, 0.2) is 0 Å². The number of hydrogen-bond donors (Lipinski definition) is 2. The molecule has 4 nitrogen and oxygen atoms in total. The molecule has 0 heterocycles. The van der Waals surface area contributed by atoms with Crippen molar-refractivity contribution in [2.24, 2.45) is 5.92 Å². The number of carbonyl (C=O) groups excluding carboxylic acids is 2. The zero-order valence-electron chi connectivity index (χ0n) is 14.1. The van der Waals surface area contributed by atoms with Crippen molar-refractivity contribution in [3.05, 3.63) is 35.4 Å². The van der Waals surface area contributed by atoms with Gasteiger partial charge in [-0.05, 0) is 43.4 Å². The number of rotatable bonds is 8. The van der Waals surface area contributed by atoms with E-state index in [2.05, 4.69) is 24.5 Å². The Morgan fingerprint density at radius 1 is 1.09 bits per heavy atom. The Morgan fingerprint density at radius 3 is 2.27 bits per heavy atom. The van der Waals surface area contributed by atoms with E-state index < -0.39 is 0 Å². The molecule has 0 bridgehead atoms. The van der Waals surface area contributed by atoms with Crippen molar-refractivity contribution >= 4 is 11.8 Å². The molecule has 0 aromatic heterocycles. The summed E-state index contributed by atoms with van der Waals surface area (Å²) in [5.41, 5.74) is 1.65. The van der Waals surface area contributed by atoms with Crippen LogP contribution in [0.15, 0.2) is 24.3 Å². The van der Waals surface area contributed by atoms with Crippen LogP contribution in [0.25, 0.3) is 0 Å². The Bertz CT molecular complexity index is 480. The lowest BCUT2D eigenvalue weighted by Crippen LogP contribution is -2.31. The molecule has 1 aromatic carbocycles. The van der Waals surface area contributed by atoms with Crippen LogP contribution in [0.4, 0.5) is 0 Å². The summed E-state index contributed by atoms with van der Waals surface area (Å²) in [6.45, 7) is 8.74. The molecule has 4 heteroatoms. The second-order valence-corrected chi connectivity index (χ2v) is 6.19. The lowest BCUT2D eigenvalue weighted by Gasteiger charge is -2.12. The quantitative estimate of drug-likeness (QED) is 0.774. The predicted octanol–water partition coefficient (Wildman–Crippen LogP) is 3.27. The fourth-order valence-electron chi connectivity index (χ4n) is 1.89. The highest BCUT2D eigenvalue weighted by Crippen LogP contribution is 2.06. The van der Waals surface area contributed by atoms with E-state index in [0.29, 0.717) is 24.4 Å². The van der Waals surface area contributed by atoms with Gasteiger partial charge in [-0.3, -0.25) is 9.59 Å². The van der Waals surface area contributed by atoms with Gasteiger partial charge in [-0.15, -0.1) is 0 Å².